The summed E-state index contributed by atoms with van der Waals surface area (Å²) >= 11 is 0. The van der Waals surface area contributed by atoms with Crippen LogP contribution < -0.4 is 5.14 Å². The van der Waals surface area contributed by atoms with Crippen molar-refractivity contribution in [3.05, 3.63) is 33.6 Å². The largest absolute Gasteiger partial charge is 0.306 e. The number of hydrogen-bond acceptors (Lipinski definition) is 4. The summed E-state index contributed by atoms with van der Waals surface area (Å²) in [5.74, 6) is -1.06. The molecule has 0 saturated heterocycles. The topological polar surface area (TPSA) is 103 Å². The average Bonchev–Trinajstić information content (AvgIpc) is 2.06. The number of nitrogens with two attached hydrogens (primary N) is 1. The molecule has 0 unspecified atom stereocenters. The molecule has 0 aliphatic carbocycles. The zero-order valence-corrected chi connectivity index (χ0v) is 8.41. The minimum absolute atomic E-state index is 0.145. The van der Waals surface area contributed by atoms with E-state index in [9.17, 15) is 22.9 Å². The average molecular weight is 234 g/mol. The molecular weight excluding hydrogens is 227 g/mol. The zero-order valence-electron chi connectivity index (χ0n) is 7.60. The van der Waals surface area contributed by atoms with E-state index >= 15 is 0 Å². The summed E-state index contributed by atoms with van der Waals surface area (Å²) in [5, 5.41) is 15.2. The van der Waals surface area contributed by atoms with E-state index in [0.29, 0.717) is 6.07 Å². The fourth-order valence-corrected chi connectivity index (χ4v) is 1.63. The third kappa shape index (κ3) is 2.28. The Bertz CT molecular complexity index is 526. The first-order valence-corrected chi connectivity index (χ1v) is 5.25. The Labute approximate surface area is 84.7 Å². The second-order valence-corrected chi connectivity index (χ2v) is 4.44. The predicted octanol–water partition coefficient (Wildman–Crippen LogP) is 0.690. The lowest BCUT2D eigenvalue weighted by atomic mass is 10.2. The first kappa shape index (κ1) is 11.5. The molecule has 0 atom stereocenters. The number of halogens is 1. The van der Waals surface area contributed by atoms with E-state index in [-0.39, 0.29) is 5.56 Å². The lowest BCUT2D eigenvalue weighted by Gasteiger charge is -2.02. The molecule has 0 bridgehead atoms. The van der Waals surface area contributed by atoms with Gasteiger partial charge in [0.2, 0.25) is 15.8 Å². The second-order valence-electron chi connectivity index (χ2n) is 2.88. The summed E-state index contributed by atoms with van der Waals surface area (Å²) in [6.45, 7) is 1.22. The lowest BCUT2D eigenvalue weighted by Crippen LogP contribution is -2.13. The fourth-order valence-electron chi connectivity index (χ4n) is 1.02. The molecule has 1 aromatic carbocycles. The van der Waals surface area contributed by atoms with Gasteiger partial charge in [-0.1, -0.05) is 0 Å². The van der Waals surface area contributed by atoms with Crippen molar-refractivity contribution in [3.8, 4) is 0 Å². The van der Waals surface area contributed by atoms with E-state index < -0.39 is 31.3 Å². The highest BCUT2D eigenvalue weighted by atomic mass is 32.2. The van der Waals surface area contributed by atoms with Gasteiger partial charge in [0.25, 0.3) is 0 Å². The number of nitro groups is 1. The van der Waals surface area contributed by atoms with Crippen molar-refractivity contribution >= 4 is 15.7 Å². The van der Waals surface area contributed by atoms with Crippen LogP contribution in [0.15, 0.2) is 17.0 Å². The van der Waals surface area contributed by atoms with E-state index in [1.807, 2.05) is 0 Å². The molecule has 0 radical (unpaired) electrons. The number of sulfonamides is 1. The summed E-state index contributed by atoms with van der Waals surface area (Å²) in [5.41, 5.74) is -1.05. The highest BCUT2D eigenvalue weighted by Gasteiger charge is 2.21. The van der Waals surface area contributed by atoms with Crippen LogP contribution in [0.4, 0.5) is 10.1 Å². The molecule has 15 heavy (non-hydrogen) atoms. The fraction of sp³-hybridized carbons (Fsp3) is 0.143. The van der Waals surface area contributed by atoms with E-state index in [4.69, 9.17) is 5.14 Å². The van der Waals surface area contributed by atoms with E-state index in [0.717, 1.165) is 6.07 Å². The molecule has 0 aliphatic rings. The Balaban J connectivity index is 3.57. The van der Waals surface area contributed by atoms with Crippen LogP contribution in [0.3, 0.4) is 0 Å². The van der Waals surface area contributed by atoms with Gasteiger partial charge in [-0.25, -0.2) is 13.6 Å². The molecule has 82 valence electrons. The SMILES string of the molecule is Cc1cc(S(N)(=O)=O)cc([N+](=O)[O-])c1F. The molecule has 0 fully saturated rings. The summed E-state index contributed by atoms with van der Waals surface area (Å²) in [6, 6.07) is 1.54. The first-order valence-electron chi connectivity index (χ1n) is 3.71. The standard InChI is InChI=1S/C7H7FN2O4S/c1-4-2-5(15(9,13)14)3-6(7(4)8)10(11)12/h2-3H,1H3,(H2,9,13,14). The number of hydrogen-bond donors (Lipinski definition) is 1. The second kappa shape index (κ2) is 3.55. The van der Waals surface area contributed by atoms with Crippen LogP contribution >= 0.6 is 0 Å². The van der Waals surface area contributed by atoms with Gasteiger partial charge >= 0.3 is 5.69 Å². The summed E-state index contributed by atoms with van der Waals surface area (Å²) < 4.78 is 35.0. The van der Waals surface area contributed by atoms with Crippen LogP contribution in [-0.4, -0.2) is 13.3 Å². The number of nitro benzene ring substituents is 1. The van der Waals surface area contributed by atoms with Gasteiger partial charge in [-0.3, -0.25) is 10.1 Å². The van der Waals surface area contributed by atoms with Crippen LogP contribution in [-0.2, 0) is 10.0 Å². The Kier molecular flexibility index (Phi) is 2.73. The normalized spacial score (nSPS) is 11.4. The van der Waals surface area contributed by atoms with Crippen molar-refractivity contribution in [1.82, 2.24) is 0 Å². The van der Waals surface area contributed by atoms with E-state index in [2.05, 4.69) is 0 Å². The minimum atomic E-state index is -4.07. The van der Waals surface area contributed by atoms with Gasteiger partial charge in [-0.2, -0.15) is 4.39 Å². The van der Waals surface area contributed by atoms with Gasteiger partial charge in [0.15, 0.2) is 0 Å². The highest BCUT2D eigenvalue weighted by Crippen LogP contribution is 2.24. The maximum Gasteiger partial charge on any atom is 0.306 e. The lowest BCUT2D eigenvalue weighted by molar-refractivity contribution is -0.387. The third-order valence-corrected chi connectivity index (χ3v) is 2.63. The van der Waals surface area contributed by atoms with Gasteiger partial charge < -0.3 is 0 Å². The van der Waals surface area contributed by atoms with Crippen molar-refractivity contribution in [1.29, 1.82) is 0 Å². The Morgan fingerprint density at radius 3 is 2.40 bits per heavy atom. The van der Waals surface area contributed by atoms with Crippen molar-refractivity contribution in [3.63, 3.8) is 0 Å². The Morgan fingerprint density at radius 1 is 1.47 bits per heavy atom. The van der Waals surface area contributed by atoms with Gasteiger partial charge in [-0.15, -0.1) is 0 Å². The van der Waals surface area contributed by atoms with Gasteiger partial charge in [0.05, 0.1) is 9.82 Å². The maximum atomic E-state index is 13.1. The highest BCUT2D eigenvalue weighted by molar-refractivity contribution is 7.89. The van der Waals surface area contributed by atoms with Gasteiger partial charge in [0, 0.05) is 6.07 Å². The first-order chi connectivity index (χ1) is 6.73. The number of primary sulfonamides is 1. The molecule has 0 heterocycles. The maximum absolute atomic E-state index is 13.1. The zero-order chi connectivity index (χ0) is 11.8. The molecule has 0 aromatic heterocycles. The molecular formula is C7H7FN2O4S. The monoisotopic (exact) mass is 234 g/mol. The van der Waals surface area contributed by atoms with Gasteiger partial charge in [-0.05, 0) is 18.6 Å². The van der Waals surface area contributed by atoms with Gasteiger partial charge in [0.1, 0.15) is 0 Å². The van der Waals surface area contributed by atoms with Crippen LogP contribution in [0.25, 0.3) is 0 Å². The molecule has 0 spiro atoms. The van der Waals surface area contributed by atoms with E-state index in [1.165, 1.54) is 6.92 Å². The van der Waals surface area contributed by atoms with Crippen LogP contribution in [0, 0.1) is 22.9 Å². The van der Waals surface area contributed by atoms with Crippen LogP contribution in [0.2, 0.25) is 0 Å². The Morgan fingerprint density at radius 2 is 2.00 bits per heavy atom. The molecule has 0 amide bonds. The van der Waals surface area contributed by atoms with Crippen molar-refractivity contribution in [2.24, 2.45) is 5.14 Å². The molecule has 0 saturated carbocycles. The number of aryl methyl sites for hydroxylation is 1. The van der Waals surface area contributed by atoms with Crippen LogP contribution in [0.1, 0.15) is 5.56 Å². The third-order valence-electron chi connectivity index (χ3n) is 1.73. The molecule has 1 rings (SSSR count). The quantitative estimate of drug-likeness (QED) is 0.600. The van der Waals surface area contributed by atoms with Crippen LogP contribution in [0.5, 0.6) is 0 Å². The van der Waals surface area contributed by atoms with Crippen molar-refractivity contribution in [2.75, 3.05) is 0 Å². The Hall–Kier alpha value is -1.54. The molecule has 1 aromatic rings. The number of rotatable bonds is 2. The van der Waals surface area contributed by atoms with E-state index in [1.54, 1.807) is 0 Å². The van der Waals surface area contributed by atoms with Crippen molar-refractivity contribution < 1.29 is 17.7 Å². The summed E-state index contributed by atoms with van der Waals surface area (Å²) in [4.78, 5) is 8.90. The predicted molar refractivity (Wildman–Crippen MR) is 49.2 cm³/mol. The van der Waals surface area contributed by atoms with Crippen molar-refractivity contribution in [2.45, 2.75) is 11.8 Å². The molecule has 6 nitrogen and oxygen atoms in total. The number of benzene rings is 1. The molecule has 2 N–H and O–H groups in total. The smallest absolute Gasteiger partial charge is 0.258 e. The summed E-state index contributed by atoms with van der Waals surface area (Å²) in [7, 11) is -4.07. The minimum Gasteiger partial charge on any atom is -0.258 e. The summed E-state index contributed by atoms with van der Waals surface area (Å²) in [6.07, 6.45) is 0. The molecule has 8 heteroatoms. The number of nitrogens with zero attached hydrogens (tertiary/aromatic N) is 1. The molecule has 0 aliphatic heterocycles.